The van der Waals surface area contributed by atoms with Gasteiger partial charge in [-0.05, 0) is 60.5 Å². The lowest BCUT2D eigenvalue weighted by atomic mass is 9.93. The molecule has 35 heavy (non-hydrogen) atoms. The fourth-order valence-electron chi connectivity index (χ4n) is 3.88. The van der Waals surface area contributed by atoms with Crippen molar-refractivity contribution in [1.82, 2.24) is 10.3 Å². The fraction of sp³-hybridized carbons (Fsp3) is 0.360. The van der Waals surface area contributed by atoms with E-state index in [-0.39, 0.29) is 29.0 Å². The van der Waals surface area contributed by atoms with Crippen LogP contribution in [0.4, 0.5) is 20.3 Å². The Morgan fingerprint density at radius 1 is 1.11 bits per heavy atom. The average molecular weight is 505 g/mol. The zero-order valence-corrected chi connectivity index (χ0v) is 21.0. The molecule has 0 spiro atoms. The molecular weight excluding hydrogens is 474 g/mol. The van der Waals surface area contributed by atoms with Gasteiger partial charge in [0.15, 0.2) is 5.82 Å². The van der Waals surface area contributed by atoms with E-state index in [1.54, 1.807) is 19.2 Å². The molecule has 0 radical (unpaired) electrons. The second-order valence-corrected chi connectivity index (χ2v) is 10.3. The average Bonchev–Trinajstić information content (AvgIpc) is 2.78. The molecule has 7 nitrogen and oxygen atoms in total. The molecule has 0 bridgehead atoms. The fourth-order valence-corrected chi connectivity index (χ4v) is 5.02. The standard InChI is InChI=1S/C25H30F2N4O3S/c1-5-9-35(33,34)31-22-8-7-21(26)24(25(22)27)20-11-19-14-29-23(12-18(19)10-17(20)6-2)28-13-15(3)30-16(4)32/h7-8,10-12,14-15,31H,5-6,9,13H2,1-4H3,(H,28,29)(H,30,32). The highest BCUT2D eigenvalue weighted by Crippen LogP contribution is 2.36. The molecule has 3 N–H and O–H groups in total. The van der Waals surface area contributed by atoms with Crippen LogP contribution in [-0.4, -0.2) is 37.6 Å². The van der Waals surface area contributed by atoms with Crippen LogP contribution in [0.15, 0.2) is 36.5 Å². The molecule has 1 aromatic heterocycles. The molecule has 0 fully saturated rings. The summed E-state index contributed by atoms with van der Waals surface area (Å²) in [6.45, 7) is 7.39. The summed E-state index contributed by atoms with van der Waals surface area (Å²) in [4.78, 5) is 15.6. The van der Waals surface area contributed by atoms with Gasteiger partial charge in [0.05, 0.1) is 17.0 Å². The van der Waals surface area contributed by atoms with Gasteiger partial charge >= 0.3 is 0 Å². The first-order valence-corrected chi connectivity index (χ1v) is 13.1. The summed E-state index contributed by atoms with van der Waals surface area (Å²) in [6, 6.07) is 7.41. The summed E-state index contributed by atoms with van der Waals surface area (Å²) in [6.07, 6.45) is 2.47. The Morgan fingerprint density at radius 2 is 1.86 bits per heavy atom. The minimum atomic E-state index is -3.75. The second-order valence-electron chi connectivity index (χ2n) is 8.47. The lowest BCUT2D eigenvalue weighted by Gasteiger charge is -2.16. The number of fused-ring (bicyclic) bond motifs is 1. The minimum Gasteiger partial charge on any atom is -0.368 e. The van der Waals surface area contributed by atoms with Gasteiger partial charge in [0.25, 0.3) is 0 Å². The van der Waals surface area contributed by atoms with Crippen molar-refractivity contribution in [2.24, 2.45) is 0 Å². The molecule has 1 heterocycles. The molecular formula is C25H30F2N4O3S. The van der Waals surface area contributed by atoms with Crippen molar-refractivity contribution in [3.05, 3.63) is 53.7 Å². The Bertz CT molecular complexity index is 1350. The number of pyridine rings is 1. The van der Waals surface area contributed by atoms with Crippen molar-refractivity contribution >= 4 is 38.2 Å². The van der Waals surface area contributed by atoms with Crippen molar-refractivity contribution < 1.29 is 22.0 Å². The molecule has 188 valence electrons. The molecule has 0 saturated carbocycles. The van der Waals surface area contributed by atoms with Crippen molar-refractivity contribution in [2.45, 2.75) is 46.6 Å². The number of rotatable bonds is 10. The first-order chi connectivity index (χ1) is 16.5. The van der Waals surface area contributed by atoms with Crippen molar-refractivity contribution in [2.75, 3.05) is 22.3 Å². The van der Waals surface area contributed by atoms with Crippen molar-refractivity contribution in [3.8, 4) is 11.1 Å². The highest BCUT2D eigenvalue weighted by molar-refractivity contribution is 7.92. The number of hydrogen-bond acceptors (Lipinski definition) is 5. The van der Waals surface area contributed by atoms with Gasteiger partial charge in [-0.1, -0.05) is 19.9 Å². The zero-order valence-electron chi connectivity index (χ0n) is 20.2. The largest absolute Gasteiger partial charge is 0.368 e. The topological polar surface area (TPSA) is 100 Å². The molecule has 1 atom stereocenters. The molecule has 0 aliphatic heterocycles. The number of carbonyl (C=O) groups excluding carboxylic acids is 1. The number of aryl methyl sites for hydroxylation is 1. The number of anilines is 2. The number of carbonyl (C=O) groups is 1. The number of sulfonamides is 1. The Hall–Kier alpha value is -3.27. The van der Waals surface area contributed by atoms with Gasteiger partial charge in [0, 0.05) is 31.1 Å². The molecule has 1 unspecified atom stereocenters. The normalized spacial score (nSPS) is 12.4. The van der Waals surface area contributed by atoms with E-state index in [4.69, 9.17) is 0 Å². The lowest BCUT2D eigenvalue weighted by Crippen LogP contribution is -2.35. The summed E-state index contributed by atoms with van der Waals surface area (Å²) >= 11 is 0. The predicted molar refractivity (Wildman–Crippen MR) is 136 cm³/mol. The SMILES string of the molecule is CCCS(=O)(=O)Nc1ccc(F)c(-c2cc3cnc(NCC(C)NC(C)=O)cc3cc2CC)c1F. The summed E-state index contributed by atoms with van der Waals surface area (Å²) < 4.78 is 56.8. The number of nitrogens with one attached hydrogen (secondary N) is 3. The Kier molecular flexibility index (Phi) is 8.26. The lowest BCUT2D eigenvalue weighted by molar-refractivity contribution is -0.119. The third-order valence-electron chi connectivity index (χ3n) is 5.46. The summed E-state index contributed by atoms with van der Waals surface area (Å²) in [7, 11) is -3.75. The van der Waals surface area contributed by atoms with Crippen molar-refractivity contribution in [1.29, 1.82) is 0 Å². The van der Waals surface area contributed by atoms with Crippen LogP contribution in [0.3, 0.4) is 0 Å². The molecule has 1 amide bonds. The smallest absolute Gasteiger partial charge is 0.232 e. The quantitative estimate of drug-likeness (QED) is 0.367. The monoisotopic (exact) mass is 504 g/mol. The number of nitrogens with zero attached hydrogens (tertiary/aromatic N) is 1. The van der Waals surface area contributed by atoms with Gasteiger partial charge in [-0.15, -0.1) is 0 Å². The van der Waals surface area contributed by atoms with Crippen LogP contribution in [-0.2, 0) is 21.2 Å². The molecule has 0 aliphatic rings. The third-order valence-corrected chi connectivity index (χ3v) is 6.94. The van der Waals surface area contributed by atoms with E-state index in [9.17, 15) is 17.6 Å². The Morgan fingerprint density at radius 3 is 2.51 bits per heavy atom. The first-order valence-electron chi connectivity index (χ1n) is 11.5. The maximum Gasteiger partial charge on any atom is 0.232 e. The highest BCUT2D eigenvalue weighted by atomic mass is 32.2. The molecule has 2 aromatic carbocycles. The van der Waals surface area contributed by atoms with Gasteiger partial charge in [-0.3, -0.25) is 9.52 Å². The van der Waals surface area contributed by atoms with E-state index in [1.807, 2.05) is 26.0 Å². The maximum absolute atomic E-state index is 15.4. The number of amides is 1. The van der Waals surface area contributed by atoms with Crippen LogP contribution >= 0.6 is 0 Å². The predicted octanol–water partition coefficient (Wildman–Crippen LogP) is 4.83. The van der Waals surface area contributed by atoms with Gasteiger partial charge in [0.1, 0.15) is 11.6 Å². The van der Waals surface area contributed by atoms with Gasteiger partial charge in [-0.2, -0.15) is 0 Å². The van der Waals surface area contributed by atoms with E-state index >= 15 is 4.39 Å². The van der Waals surface area contributed by atoms with Gasteiger partial charge < -0.3 is 10.6 Å². The third kappa shape index (κ3) is 6.45. The number of aromatic nitrogens is 1. The van der Waals surface area contributed by atoms with E-state index in [0.717, 1.165) is 17.5 Å². The minimum absolute atomic E-state index is 0.0912. The number of halogens is 2. The Balaban J connectivity index is 2.00. The van der Waals surface area contributed by atoms with Crippen LogP contribution in [0, 0.1) is 11.6 Å². The van der Waals surface area contributed by atoms with E-state index in [2.05, 4.69) is 20.3 Å². The Labute approximate surface area is 204 Å². The number of hydrogen-bond donors (Lipinski definition) is 3. The van der Waals surface area contributed by atoms with E-state index in [0.29, 0.717) is 41.7 Å². The summed E-state index contributed by atoms with van der Waals surface area (Å²) in [5.74, 6) is -1.42. The summed E-state index contributed by atoms with van der Waals surface area (Å²) in [5, 5.41) is 7.46. The molecule has 3 rings (SSSR count). The maximum atomic E-state index is 15.4. The zero-order chi connectivity index (χ0) is 25.8. The number of benzene rings is 2. The first kappa shape index (κ1) is 26.3. The second kappa shape index (κ2) is 11.0. The summed E-state index contributed by atoms with van der Waals surface area (Å²) in [5.41, 5.74) is 0.468. The molecule has 0 saturated heterocycles. The van der Waals surface area contributed by atoms with Crippen LogP contribution in [0.1, 0.15) is 39.7 Å². The van der Waals surface area contributed by atoms with Gasteiger partial charge in [-0.25, -0.2) is 22.2 Å². The van der Waals surface area contributed by atoms with Crippen LogP contribution in [0.2, 0.25) is 0 Å². The molecule has 0 aliphatic carbocycles. The highest BCUT2D eigenvalue weighted by Gasteiger charge is 2.21. The van der Waals surface area contributed by atoms with Crippen LogP contribution < -0.4 is 15.4 Å². The van der Waals surface area contributed by atoms with Crippen LogP contribution in [0.5, 0.6) is 0 Å². The molecule has 3 aromatic rings. The van der Waals surface area contributed by atoms with Crippen molar-refractivity contribution in [3.63, 3.8) is 0 Å². The van der Waals surface area contributed by atoms with Gasteiger partial charge in [0.2, 0.25) is 15.9 Å². The molecule has 10 heteroatoms. The van der Waals surface area contributed by atoms with E-state index < -0.39 is 21.7 Å². The van der Waals surface area contributed by atoms with Crippen LogP contribution in [0.25, 0.3) is 21.9 Å². The van der Waals surface area contributed by atoms with E-state index in [1.165, 1.54) is 6.92 Å².